The van der Waals surface area contributed by atoms with Gasteiger partial charge in [-0.15, -0.1) is 0 Å². The van der Waals surface area contributed by atoms with Crippen molar-refractivity contribution in [2.45, 2.75) is 19.3 Å². The number of hydrogen-bond acceptors (Lipinski definition) is 5. The highest BCUT2D eigenvalue weighted by Crippen LogP contribution is 2.30. The van der Waals surface area contributed by atoms with E-state index in [2.05, 4.69) is 10.1 Å². The largest absolute Gasteiger partial charge is 0.494 e. The van der Waals surface area contributed by atoms with Gasteiger partial charge < -0.3 is 14.2 Å². The minimum absolute atomic E-state index is 0.00665. The number of carbonyl (C=O) groups excluding carboxylic acids is 1. The van der Waals surface area contributed by atoms with Gasteiger partial charge in [0, 0.05) is 24.6 Å². The van der Waals surface area contributed by atoms with E-state index in [0.29, 0.717) is 25.4 Å². The fourth-order valence-electron chi connectivity index (χ4n) is 2.38. The molecule has 6 heteroatoms. The number of carbonyl (C=O) groups is 1. The molecule has 1 aromatic carbocycles. The lowest BCUT2D eigenvalue weighted by molar-refractivity contribution is -0.117. The molecule has 0 bridgehead atoms. The number of benzene rings is 1. The molecule has 1 aromatic heterocycles. The van der Waals surface area contributed by atoms with Crippen molar-refractivity contribution < 1.29 is 14.1 Å². The molecule has 1 amide bonds. The maximum atomic E-state index is 12.1. The lowest BCUT2D eigenvalue weighted by Crippen LogP contribution is -2.24. The number of aromatic nitrogens is 2. The smallest absolute Gasteiger partial charge is 0.227 e. The monoisotopic (exact) mass is 273 g/mol. The van der Waals surface area contributed by atoms with Crippen LogP contribution in [0.5, 0.6) is 5.75 Å². The minimum Gasteiger partial charge on any atom is -0.494 e. The van der Waals surface area contributed by atoms with Crippen LogP contribution in [0.15, 0.2) is 35.2 Å². The molecule has 0 radical (unpaired) electrons. The summed E-state index contributed by atoms with van der Waals surface area (Å²) in [6.07, 6.45) is 1.70. The summed E-state index contributed by atoms with van der Waals surface area (Å²) in [7, 11) is 0. The van der Waals surface area contributed by atoms with Gasteiger partial charge in [0.25, 0.3) is 0 Å². The number of amides is 1. The first-order chi connectivity index (χ1) is 9.78. The third-order valence-electron chi connectivity index (χ3n) is 3.33. The Morgan fingerprint density at radius 2 is 2.20 bits per heavy atom. The van der Waals surface area contributed by atoms with Crippen LogP contribution in [0.4, 0.5) is 5.69 Å². The third kappa shape index (κ3) is 2.36. The van der Waals surface area contributed by atoms with Crippen LogP contribution in [0.2, 0.25) is 0 Å². The average molecular weight is 273 g/mol. The van der Waals surface area contributed by atoms with Gasteiger partial charge >= 0.3 is 0 Å². The van der Waals surface area contributed by atoms with E-state index in [1.54, 1.807) is 4.90 Å². The Morgan fingerprint density at radius 1 is 1.40 bits per heavy atom. The molecule has 0 aliphatic carbocycles. The predicted molar refractivity (Wildman–Crippen MR) is 71.6 cm³/mol. The second-order valence-corrected chi connectivity index (χ2v) is 4.62. The molecule has 0 spiro atoms. The van der Waals surface area contributed by atoms with Gasteiger partial charge in [0.15, 0.2) is 5.82 Å². The molecule has 1 atom stereocenters. The summed E-state index contributed by atoms with van der Waals surface area (Å²) < 4.78 is 10.1. The Labute approximate surface area is 116 Å². The Morgan fingerprint density at radius 3 is 2.85 bits per heavy atom. The first-order valence-electron chi connectivity index (χ1n) is 6.57. The number of hydrogen-bond donors (Lipinski definition) is 0. The molecule has 1 unspecified atom stereocenters. The molecule has 0 N–H and O–H groups in total. The zero-order chi connectivity index (χ0) is 13.9. The molecule has 0 saturated carbocycles. The fourth-order valence-corrected chi connectivity index (χ4v) is 2.38. The standard InChI is InChI=1S/C14H15N3O3/c1-2-19-12-5-3-11(4-6-12)17-8-10(7-13(17)18)14-15-9-20-16-14/h3-6,9-10H,2,7-8H2,1H3. The minimum atomic E-state index is -0.00665. The van der Waals surface area contributed by atoms with Crippen LogP contribution >= 0.6 is 0 Å². The van der Waals surface area contributed by atoms with Crippen molar-refractivity contribution in [1.82, 2.24) is 10.1 Å². The van der Waals surface area contributed by atoms with Crippen molar-refractivity contribution in [2.24, 2.45) is 0 Å². The lowest BCUT2D eigenvalue weighted by Gasteiger charge is -2.16. The summed E-state index contributed by atoms with van der Waals surface area (Å²) in [6.45, 7) is 3.14. The zero-order valence-electron chi connectivity index (χ0n) is 11.2. The van der Waals surface area contributed by atoms with Gasteiger partial charge in [0.2, 0.25) is 12.3 Å². The normalized spacial score (nSPS) is 18.6. The zero-order valence-corrected chi connectivity index (χ0v) is 11.2. The summed E-state index contributed by atoms with van der Waals surface area (Å²) in [6, 6.07) is 7.52. The van der Waals surface area contributed by atoms with E-state index in [4.69, 9.17) is 9.26 Å². The van der Waals surface area contributed by atoms with Crippen LogP contribution in [0.3, 0.4) is 0 Å². The summed E-state index contributed by atoms with van der Waals surface area (Å²) in [5, 5.41) is 3.81. The number of anilines is 1. The van der Waals surface area contributed by atoms with Crippen molar-refractivity contribution in [3.05, 3.63) is 36.5 Å². The molecule has 1 aliphatic heterocycles. The van der Waals surface area contributed by atoms with Gasteiger partial charge in [-0.2, -0.15) is 4.98 Å². The Hall–Kier alpha value is -2.37. The quantitative estimate of drug-likeness (QED) is 0.852. The molecular weight excluding hydrogens is 258 g/mol. The van der Waals surface area contributed by atoms with E-state index in [0.717, 1.165) is 11.4 Å². The van der Waals surface area contributed by atoms with Crippen molar-refractivity contribution in [1.29, 1.82) is 0 Å². The van der Waals surface area contributed by atoms with Crippen molar-refractivity contribution >= 4 is 11.6 Å². The SMILES string of the molecule is CCOc1ccc(N2CC(c3ncon3)CC2=O)cc1. The van der Waals surface area contributed by atoms with Crippen LogP contribution in [-0.2, 0) is 4.79 Å². The molecule has 2 aromatic rings. The molecule has 104 valence electrons. The van der Waals surface area contributed by atoms with Gasteiger partial charge in [-0.05, 0) is 31.2 Å². The summed E-state index contributed by atoms with van der Waals surface area (Å²) in [5.41, 5.74) is 0.865. The Balaban J connectivity index is 1.75. The fraction of sp³-hybridized carbons (Fsp3) is 0.357. The number of rotatable bonds is 4. The maximum absolute atomic E-state index is 12.1. The van der Waals surface area contributed by atoms with Gasteiger partial charge in [0.05, 0.1) is 6.61 Å². The lowest BCUT2D eigenvalue weighted by atomic mass is 10.1. The van der Waals surface area contributed by atoms with Gasteiger partial charge in [-0.1, -0.05) is 5.16 Å². The highest BCUT2D eigenvalue weighted by atomic mass is 16.5. The molecule has 6 nitrogen and oxygen atoms in total. The molecule has 3 rings (SSSR count). The van der Waals surface area contributed by atoms with Crippen LogP contribution in [0, 0.1) is 0 Å². The first-order valence-corrected chi connectivity index (χ1v) is 6.57. The highest BCUT2D eigenvalue weighted by Gasteiger charge is 2.33. The van der Waals surface area contributed by atoms with E-state index in [-0.39, 0.29) is 11.8 Å². The Kier molecular flexibility index (Phi) is 3.37. The van der Waals surface area contributed by atoms with Crippen LogP contribution in [0.1, 0.15) is 25.1 Å². The molecular formula is C14H15N3O3. The number of ether oxygens (including phenoxy) is 1. The average Bonchev–Trinajstić information content (AvgIpc) is 3.09. The van der Waals surface area contributed by atoms with Crippen molar-refractivity contribution in [2.75, 3.05) is 18.1 Å². The molecule has 20 heavy (non-hydrogen) atoms. The van der Waals surface area contributed by atoms with E-state index in [1.165, 1.54) is 6.39 Å². The second kappa shape index (κ2) is 5.32. The van der Waals surface area contributed by atoms with E-state index >= 15 is 0 Å². The maximum Gasteiger partial charge on any atom is 0.227 e. The highest BCUT2D eigenvalue weighted by molar-refractivity contribution is 5.96. The van der Waals surface area contributed by atoms with E-state index in [9.17, 15) is 4.79 Å². The summed E-state index contributed by atoms with van der Waals surface area (Å²) >= 11 is 0. The van der Waals surface area contributed by atoms with E-state index < -0.39 is 0 Å². The Bertz CT molecular complexity index is 580. The van der Waals surface area contributed by atoms with Crippen molar-refractivity contribution in [3.63, 3.8) is 0 Å². The molecule has 1 fully saturated rings. The first kappa shape index (κ1) is 12.7. The summed E-state index contributed by atoms with van der Waals surface area (Å²) in [4.78, 5) is 17.9. The van der Waals surface area contributed by atoms with Crippen LogP contribution in [0.25, 0.3) is 0 Å². The van der Waals surface area contributed by atoms with Gasteiger partial charge in [0.1, 0.15) is 5.75 Å². The summed E-state index contributed by atoms with van der Waals surface area (Å²) in [5.74, 6) is 1.46. The second-order valence-electron chi connectivity index (χ2n) is 4.62. The number of nitrogens with zero attached hydrogens (tertiary/aromatic N) is 3. The molecule has 1 saturated heterocycles. The van der Waals surface area contributed by atoms with Crippen LogP contribution < -0.4 is 9.64 Å². The predicted octanol–water partition coefficient (Wildman–Crippen LogP) is 1.99. The topological polar surface area (TPSA) is 68.5 Å². The van der Waals surface area contributed by atoms with Crippen molar-refractivity contribution in [3.8, 4) is 5.75 Å². The van der Waals surface area contributed by atoms with Gasteiger partial charge in [-0.3, -0.25) is 4.79 Å². The third-order valence-corrected chi connectivity index (χ3v) is 3.33. The van der Waals surface area contributed by atoms with Gasteiger partial charge in [-0.25, -0.2) is 0 Å². The van der Waals surface area contributed by atoms with E-state index in [1.807, 2.05) is 31.2 Å². The molecule has 2 heterocycles. The van der Waals surface area contributed by atoms with Crippen LogP contribution in [-0.4, -0.2) is 29.2 Å². The molecule has 1 aliphatic rings.